The van der Waals surface area contributed by atoms with Gasteiger partial charge in [-0.3, -0.25) is 9.69 Å². The topological polar surface area (TPSA) is 43.8 Å². The third-order valence-corrected chi connectivity index (χ3v) is 4.00. The highest BCUT2D eigenvalue weighted by Crippen LogP contribution is 2.19. The fraction of sp³-hybridized carbons (Fsp3) is 0.562. The Bertz CT molecular complexity index is 499. The van der Waals surface area contributed by atoms with Gasteiger partial charge in [-0.05, 0) is 44.5 Å². The number of carbonyl (C=O) groups is 1. The van der Waals surface area contributed by atoms with Crippen molar-refractivity contribution < 1.29 is 9.90 Å². The van der Waals surface area contributed by atoms with Gasteiger partial charge in [-0.15, -0.1) is 0 Å². The minimum Gasteiger partial charge on any atom is -0.392 e. The lowest BCUT2D eigenvalue weighted by Gasteiger charge is -2.40. The lowest BCUT2D eigenvalue weighted by atomic mass is 10.1. The molecule has 1 N–H and O–H groups in total. The van der Waals surface area contributed by atoms with Gasteiger partial charge in [0.05, 0.1) is 6.10 Å². The SMILES string of the molecule is Cc1cc(Cl)cc(C(=O)N2CCN(C[C@H](C)O)C[C@H]2C)c1. The number of piperazine rings is 1. The Morgan fingerprint density at radius 1 is 1.43 bits per heavy atom. The first-order chi connectivity index (χ1) is 9.86. The summed E-state index contributed by atoms with van der Waals surface area (Å²) in [5.41, 5.74) is 1.64. The summed E-state index contributed by atoms with van der Waals surface area (Å²) in [7, 11) is 0. The number of rotatable bonds is 3. The summed E-state index contributed by atoms with van der Waals surface area (Å²) < 4.78 is 0. The smallest absolute Gasteiger partial charge is 0.254 e. The van der Waals surface area contributed by atoms with Gasteiger partial charge in [0.25, 0.3) is 5.91 Å². The van der Waals surface area contributed by atoms with E-state index in [4.69, 9.17) is 11.6 Å². The first kappa shape index (κ1) is 16.3. The Kier molecular flexibility index (Phi) is 5.25. The van der Waals surface area contributed by atoms with Crippen LogP contribution in [-0.4, -0.2) is 59.1 Å². The number of aryl methyl sites for hydroxylation is 1. The lowest BCUT2D eigenvalue weighted by Crippen LogP contribution is -2.55. The fourth-order valence-corrected chi connectivity index (χ4v) is 3.19. The number of aliphatic hydroxyl groups excluding tert-OH is 1. The molecule has 0 aromatic heterocycles. The van der Waals surface area contributed by atoms with Crippen molar-refractivity contribution in [3.05, 3.63) is 34.3 Å². The molecular formula is C16H23ClN2O2. The van der Waals surface area contributed by atoms with E-state index in [9.17, 15) is 9.90 Å². The van der Waals surface area contributed by atoms with Crippen LogP contribution in [0.5, 0.6) is 0 Å². The second kappa shape index (κ2) is 6.77. The van der Waals surface area contributed by atoms with Gasteiger partial charge in [0.1, 0.15) is 0 Å². The van der Waals surface area contributed by atoms with Gasteiger partial charge in [-0.2, -0.15) is 0 Å². The van der Waals surface area contributed by atoms with Crippen molar-refractivity contribution >= 4 is 17.5 Å². The van der Waals surface area contributed by atoms with Gasteiger partial charge in [0, 0.05) is 42.8 Å². The summed E-state index contributed by atoms with van der Waals surface area (Å²) >= 11 is 6.04. The van der Waals surface area contributed by atoms with E-state index in [1.807, 2.05) is 30.9 Å². The minimum atomic E-state index is -0.338. The van der Waals surface area contributed by atoms with E-state index in [0.29, 0.717) is 23.7 Å². The maximum Gasteiger partial charge on any atom is 0.254 e. The Hall–Kier alpha value is -1.10. The van der Waals surface area contributed by atoms with E-state index in [-0.39, 0.29) is 18.1 Å². The Balaban J connectivity index is 2.07. The molecule has 0 spiro atoms. The van der Waals surface area contributed by atoms with Gasteiger partial charge < -0.3 is 10.0 Å². The highest BCUT2D eigenvalue weighted by molar-refractivity contribution is 6.31. The molecule has 1 heterocycles. The zero-order valence-electron chi connectivity index (χ0n) is 12.8. The number of carbonyl (C=O) groups excluding carboxylic acids is 1. The molecule has 1 amide bonds. The number of benzene rings is 1. The predicted molar refractivity (Wildman–Crippen MR) is 84.8 cm³/mol. The quantitative estimate of drug-likeness (QED) is 0.930. The number of hydrogen-bond acceptors (Lipinski definition) is 3. The average Bonchev–Trinajstić information content (AvgIpc) is 2.36. The number of halogens is 1. The summed E-state index contributed by atoms with van der Waals surface area (Å²) in [5.74, 6) is 0.0322. The van der Waals surface area contributed by atoms with Crippen molar-refractivity contribution in [1.82, 2.24) is 9.80 Å². The first-order valence-corrected chi connectivity index (χ1v) is 7.73. The van der Waals surface area contributed by atoms with Gasteiger partial charge in [0.15, 0.2) is 0 Å². The van der Waals surface area contributed by atoms with Crippen molar-refractivity contribution in [2.45, 2.75) is 32.9 Å². The number of aliphatic hydroxyl groups is 1. The van der Waals surface area contributed by atoms with Gasteiger partial charge in [-0.1, -0.05) is 11.6 Å². The average molecular weight is 311 g/mol. The van der Waals surface area contributed by atoms with Crippen LogP contribution in [0, 0.1) is 6.92 Å². The van der Waals surface area contributed by atoms with Crippen LogP contribution < -0.4 is 0 Å². The molecule has 0 radical (unpaired) electrons. The largest absolute Gasteiger partial charge is 0.392 e. The van der Waals surface area contributed by atoms with Gasteiger partial charge >= 0.3 is 0 Å². The lowest BCUT2D eigenvalue weighted by molar-refractivity contribution is 0.0383. The highest BCUT2D eigenvalue weighted by Gasteiger charge is 2.28. The molecule has 1 aromatic carbocycles. The van der Waals surface area contributed by atoms with Gasteiger partial charge in [-0.25, -0.2) is 0 Å². The Morgan fingerprint density at radius 3 is 2.71 bits per heavy atom. The van der Waals surface area contributed by atoms with E-state index in [0.717, 1.165) is 18.7 Å². The van der Waals surface area contributed by atoms with Crippen LogP contribution in [-0.2, 0) is 0 Å². The molecule has 1 aliphatic rings. The van der Waals surface area contributed by atoms with Crippen molar-refractivity contribution in [2.24, 2.45) is 0 Å². The molecule has 1 fully saturated rings. The van der Waals surface area contributed by atoms with E-state index in [1.165, 1.54) is 0 Å². The Morgan fingerprint density at radius 2 is 2.14 bits per heavy atom. The second-order valence-corrected chi connectivity index (χ2v) is 6.41. The van der Waals surface area contributed by atoms with Crippen LogP contribution in [0.15, 0.2) is 18.2 Å². The van der Waals surface area contributed by atoms with Crippen LogP contribution in [0.4, 0.5) is 0 Å². The number of hydrogen-bond donors (Lipinski definition) is 1. The summed E-state index contributed by atoms with van der Waals surface area (Å²) in [6.07, 6.45) is -0.338. The molecule has 21 heavy (non-hydrogen) atoms. The van der Waals surface area contributed by atoms with Crippen LogP contribution in [0.1, 0.15) is 29.8 Å². The van der Waals surface area contributed by atoms with Crippen molar-refractivity contribution in [3.63, 3.8) is 0 Å². The summed E-state index contributed by atoms with van der Waals surface area (Å²) in [6.45, 7) is 8.69. The predicted octanol–water partition coefficient (Wildman–Crippen LogP) is 2.18. The number of amides is 1. The maximum absolute atomic E-state index is 12.6. The zero-order chi connectivity index (χ0) is 15.6. The molecule has 0 saturated carbocycles. The van der Waals surface area contributed by atoms with Crippen molar-refractivity contribution in [3.8, 4) is 0 Å². The third-order valence-electron chi connectivity index (χ3n) is 3.78. The molecule has 5 heteroatoms. The normalized spacial score (nSPS) is 21.4. The molecular weight excluding hydrogens is 288 g/mol. The maximum atomic E-state index is 12.6. The highest BCUT2D eigenvalue weighted by atomic mass is 35.5. The van der Waals surface area contributed by atoms with E-state index in [1.54, 1.807) is 13.0 Å². The van der Waals surface area contributed by atoms with Crippen molar-refractivity contribution in [1.29, 1.82) is 0 Å². The molecule has 0 aliphatic carbocycles. The third kappa shape index (κ3) is 4.19. The first-order valence-electron chi connectivity index (χ1n) is 7.35. The molecule has 2 rings (SSSR count). The van der Waals surface area contributed by atoms with E-state index >= 15 is 0 Å². The van der Waals surface area contributed by atoms with Crippen molar-refractivity contribution in [2.75, 3.05) is 26.2 Å². The van der Waals surface area contributed by atoms with Crippen LogP contribution >= 0.6 is 11.6 Å². The van der Waals surface area contributed by atoms with E-state index < -0.39 is 0 Å². The second-order valence-electron chi connectivity index (χ2n) is 5.97. The van der Waals surface area contributed by atoms with E-state index in [2.05, 4.69) is 4.90 Å². The fourth-order valence-electron chi connectivity index (χ4n) is 2.90. The van der Waals surface area contributed by atoms with Gasteiger partial charge in [0.2, 0.25) is 0 Å². The molecule has 116 valence electrons. The molecule has 1 aromatic rings. The molecule has 0 unspecified atom stereocenters. The molecule has 1 saturated heterocycles. The van der Waals surface area contributed by atoms with Crippen LogP contribution in [0.3, 0.4) is 0 Å². The minimum absolute atomic E-state index is 0.0322. The van der Waals surface area contributed by atoms with Crippen LogP contribution in [0.25, 0.3) is 0 Å². The summed E-state index contributed by atoms with van der Waals surface area (Å²) in [5, 5.41) is 10.1. The summed E-state index contributed by atoms with van der Waals surface area (Å²) in [6, 6.07) is 5.58. The molecule has 1 aliphatic heterocycles. The zero-order valence-corrected chi connectivity index (χ0v) is 13.6. The molecule has 0 bridgehead atoms. The molecule has 2 atom stereocenters. The summed E-state index contributed by atoms with van der Waals surface area (Å²) in [4.78, 5) is 16.7. The molecule has 4 nitrogen and oxygen atoms in total. The van der Waals surface area contributed by atoms with Crippen LogP contribution in [0.2, 0.25) is 5.02 Å². The number of nitrogens with zero attached hydrogens (tertiary/aromatic N) is 2. The standard InChI is InChI=1S/C16H23ClN2O2/c1-11-6-14(8-15(17)7-11)16(21)19-5-4-18(9-12(19)2)10-13(3)20/h6-8,12-13,20H,4-5,9-10H2,1-3H3/t12-,13+/m1/s1. The number of β-amino-alcohol motifs (C(OH)–C–C–N with tert-alkyl or cyclic N) is 1. The Labute approximate surface area is 131 Å². The monoisotopic (exact) mass is 310 g/mol.